The summed E-state index contributed by atoms with van der Waals surface area (Å²) in [4.78, 5) is 18.0. The summed E-state index contributed by atoms with van der Waals surface area (Å²) in [6, 6.07) is 28.3. The van der Waals surface area contributed by atoms with Gasteiger partial charge in [0.2, 0.25) is 5.91 Å². The van der Waals surface area contributed by atoms with Crippen molar-refractivity contribution in [2.75, 3.05) is 13.1 Å². The van der Waals surface area contributed by atoms with Crippen LogP contribution in [0.4, 0.5) is 8.78 Å². The number of hydrogen-bond acceptors (Lipinski definition) is 2. The molecule has 0 saturated heterocycles. The first-order valence-electron chi connectivity index (χ1n) is 13.3. The van der Waals surface area contributed by atoms with Crippen LogP contribution in [0.5, 0.6) is 0 Å². The van der Waals surface area contributed by atoms with Crippen molar-refractivity contribution in [2.45, 2.75) is 38.4 Å². The Kier molecular flexibility index (Phi) is 8.39. The van der Waals surface area contributed by atoms with Gasteiger partial charge in [-0.15, -0.1) is 0 Å². The minimum Gasteiger partial charge on any atom is -0.337 e. The van der Waals surface area contributed by atoms with Gasteiger partial charge in [-0.3, -0.25) is 9.69 Å². The van der Waals surface area contributed by atoms with Crippen LogP contribution in [0.3, 0.4) is 0 Å². The molecule has 0 saturated carbocycles. The van der Waals surface area contributed by atoms with Gasteiger partial charge >= 0.3 is 0 Å². The summed E-state index contributed by atoms with van der Waals surface area (Å²) < 4.78 is 29.1. The zero-order valence-electron chi connectivity index (χ0n) is 21.9. The molecule has 0 aliphatic carbocycles. The van der Waals surface area contributed by atoms with Gasteiger partial charge in [0.25, 0.3) is 0 Å². The number of halogens is 3. The van der Waals surface area contributed by atoms with Gasteiger partial charge in [0, 0.05) is 30.2 Å². The summed E-state index contributed by atoms with van der Waals surface area (Å²) in [6.45, 7) is 2.93. The third-order valence-corrected chi connectivity index (χ3v) is 7.96. The van der Waals surface area contributed by atoms with E-state index in [9.17, 15) is 13.6 Å². The number of hydrogen-bond donors (Lipinski definition) is 0. The molecule has 0 N–H and O–H groups in total. The van der Waals surface area contributed by atoms with Crippen molar-refractivity contribution in [3.8, 4) is 0 Å². The summed E-state index contributed by atoms with van der Waals surface area (Å²) in [5.41, 5.74) is 4.26. The van der Waals surface area contributed by atoms with E-state index in [0.717, 1.165) is 17.5 Å². The number of benzene rings is 4. The molecule has 1 amide bonds. The van der Waals surface area contributed by atoms with Gasteiger partial charge in [-0.1, -0.05) is 90.5 Å². The van der Waals surface area contributed by atoms with Crippen molar-refractivity contribution in [2.24, 2.45) is 0 Å². The van der Waals surface area contributed by atoms with Crippen molar-refractivity contribution in [1.29, 1.82) is 0 Å². The number of amides is 1. The highest BCUT2D eigenvalue weighted by molar-refractivity contribution is 6.31. The molecule has 0 bridgehead atoms. The fourth-order valence-corrected chi connectivity index (χ4v) is 5.75. The van der Waals surface area contributed by atoms with Gasteiger partial charge in [-0.2, -0.15) is 0 Å². The molecule has 1 aliphatic heterocycles. The molecule has 6 heteroatoms. The summed E-state index contributed by atoms with van der Waals surface area (Å²) in [7, 11) is 0. The van der Waals surface area contributed by atoms with Crippen LogP contribution in [-0.2, 0) is 24.2 Å². The lowest BCUT2D eigenvalue weighted by atomic mass is 9.87. The highest BCUT2D eigenvalue weighted by atomic mass is 35.5. The number of fused-ring (bicyclic) bond motifs is 1. The minimum atomic E-state index is -0.521. The average Bonchev–Trinajstić information content (AvgIpc) is 2.96. The van der Waals surface area contributed by atoms with Crippen LogP contribution >= 0.6 is 11.6 Å². The van der Waals surface area contributed by atoms with E-state index in [1.807, 2.05) is 43.3 Å². The predicted molar refractivity (Wildman–Crippen MR) is 152 cm³/mol. The van der Waals surface area contributed by atoms with Crippen LogP contribution in [0, 0.1) is 11.6 Å². The zero-order valence-corrected chi connectivity index (χ0v) is 22.6. The number of rotatable bonds is 8. The monoisotopic (exact) mass is 544 g/mol. The molecule has 5 rings (SSSR count). The minimum absolute atomic E-state index is 0.103. The molecular weight excluding hydrogens is 514 g/mol. The van der Waals surface area contributed by atoms with Crippen LogP contribution in [0.2, 0.25) is 5.02 Å². The Morgan fingerprint density at radius 1 is 0.872 bits per heavy atom. The standard InChI is InChI=1S/C33H31ClF2N2O/c1-23(38-21-19-24-10-2-5-13-27(24)32(38)28-14-6-7-15-29(28)34)33(39)37(22-26-12-4-9-17-31(26)36)20-18-25-11-3-8-16-30(25)35/h2-17,23,32H,18-22H2,1H3. The Labute approximate surface area is 233 Å². The molecule has 0 aromatic heterocycles. The molecule has 4 aromatic rings. The zero-order chi connectivity index (χ0) is 27.4. The predicted octanol–water partition coefficient (Wildman–Crippen LogP) is 7.23. The van der Waals surface area contributed by atoms with E-state index in [0.29, 0.717) is 29.1 Å². The Morgan fingerprint density at radius 2 is 1.46 bits per heavy atom. The maximum Gasteiger partial charge on any atom is 0.239 e. The third kappa shape index (κ3) is 5.90. The number of carbonyl (C=O) groups excluding carboxylic acids is 1. The van der Waals surface area contributed by atoms with E-state index < -0.39 is 6.04 Å². The van der Waals surface area contributed by atoms with Gasteiger partial charge in [-0.05, 0) is 60.2 Å². The Hall–Kier alpha value is -3.54. The average molecular weight is 545 g/mol. The van der Waals surface area contributed by atoms with Crippen LogP contribution in [0.15, 0.2) is 97.1 Å². The van der Waals surface area contributed by atoms with E-state index in [4.69, 9.17) is 11.6 Å². The lowest BCUT2D eigenvalue weighted by Crippen LogP contribution is -2.51. The molecule has 4 aromatic carbocycles. The highest BCUT2D eigenvalue weighted by Gasteiger charge is 2.37. The lowest BCUT2D eigenvalue weighted by Gasteiger charge is -2.42. The first kappa shape index (κ1) is 27.0. The maximum absolute atomic E-state index is 14.7. The van der Waals surface area contributed by atoms with Crippen LogP contribution in [0.25, 0.3) is 0 Å². The Bertz CT molecular complexity index is 1460. The van der Waals surface area contributed by atoms with E-state index in [1.165, 1.54) is 17.7 Å². The molecule has 2 atom stereocenters. The molecular formula is C33H31ClF2N2O. The van der Waals surface area contributed by atoms with Crippen molar-refractivity contribution in [1.82, 2.24) is 9.80 Å². The molecule has 0 radical (unpaired) electrons. The van der Waals surface area contributed by atoms with Gasteiger partial charge < -0.3 is 4.90 Å². The van der Waals surface area contributed by atoms with Crippen LogP contribution in [0.1, 0.15) is 40.8 Å². The van der Waals surface area contributed by atoms with Crippen molar-refractivity contribution in [3.05, 3.63) is 142 Å². The van der Waals surface area contributed by atoms with E-state index in [2.05, 4.69) is 17.0 Å². The van der Waals surface area contributed by atoms with Crippen molar-refractivity contribution < 1.29 is 13.6 Å². The fraction of sp³-hybridized carbons (Fsp3) is 0.242. The quantitative estimate of drug-likeness (QED) is 0.234. The second-order valence-electron chi connectivity index (χ2n) is 9.98. The molecule has 39 heavy (non-hydrogen) atoms. The van der Waals surface area contributed by atoms with Crippen molar-refractivity contribution >= 4 is 17.5 Å². The summed E-state index contributed by atoms with van der Waals surface area (Å²) in [5, 5.41) is 0.645. The second kappa shape index (κ2) is 12.1. The lowest BCUT2D eigenvalue weighted by molar-refractivity contribution is -0.138. The van der Waals surface area contributed by atoms with Gasteiger partial charge in [0.05, 0.1) is 12.1 Å². The SMILES string of the molecule is CC(C(=O)N(CCc1ccccc1F)Cc1ccccc1F)N1CCc2ccccc2C1c1ccccc1Cl. The smallest absolute Gasteiger partial charge is 0.239 e. The first-order valence-corrected chi connectivity index (χ1v) is 13.7. The molecule has 0 spiro atoms. The van der Waals surface area contributed by atoms with E-state index in [-0.39, 0.29) is 36.7 Å². The normalized spacial score (nSPS) is 15.9. The summed E-state index contributed by atoms with van der Waals surface area (Å²) in [5.74, 6) is -0.809. The molecule has 3 nitrogen and oxygen atoms in total. The first-order chi connectivity index (χ1) is 18.9. The van der Waals surface area contributed by atoms with Crippen molar-refractivity contribution in [3.63, 3.8) is 0 Å². The van der Waals surface area contributed by atoms with E-state index in [1.54, 1.807) is 41.3 Å². The van der Waals surface area contributed by atoms with Gasteiger partial charge in [0.15, 0.2) is 0 Å². The molecule has 200 valence electrons. The van der Waals surface area contributed by atoms with Crippen LogP contribution in [-0.4, -0.2) is 34.8 Å². The van der Waals surface area contributed by atoms with Gasteiger partial charge in [0.1, 0.15) is 11.6 Å². The molecule has 1 aliphatic rings. The summed E-state index contributed by atoms with van der Waals surface area (Å²) >= 11 is 6.69. The number of carbonyl (C=O) groups is 1. The molecule has 1 heterocycles. The third-order valence-electron chi connectivity index (χ3n) is 7.61. The van der Waals surface area contributed by atoms with Crippen LogP contribution < -0.4 is 0 Å². The van der Waals surface area contributed by atoms with Gasteiger partial charge in [-0.25, -0.2) is 8.78 Å². The van der Waals surface area contributed by atoms with E-state index >= 15 is 0 Å². The molecule has 2 unspecified atom stereocenters. The Morgan fingerprint density at radius 3 is 2.15 bits per heavy atom. The second-order valence-corrected chi connectivity index (χ2v) is 10.4. The maximum atomic E-state index is 14.7. The fourth-order valence-electron chi connectivity index (χ4n) is 5.51. The molecule has 0 fully saturated rings. The number of nitrogens with zero attached hydrogens (tertiary/aromatic N) is 2. The largest absolute Gasteiger partial charge is 0.337 e. The Balaban J connectivity index is 1.47. The summed E-state index contributed by atoms with van der Waals surface area (Å²) in [6.07, 6.45) is 1.13. The topological polar surface area (TPSA) is 23.6 Å². The highest BCUT2D eigenvalue weighted by Crippen LogP contribution is 2.39.